The van der Waals surface area contributed by atoms with Gasteiger partial charge in [-0.25, -0.2) is 14.7 Å². The second-order valence-electron chi connectivity index (χ2n) is 7.34. The van der Waals surface area contributed by atoms with E-state index in [0.29, 0.717) is 6.42 Å². The van der Waals surface area contributed by atoms with Crippen LogP contribution < -0.4 is 5.32 Å². The number of carbonyl (C=O) groups is 3. The molecule has 0 aromatic heterocycles. The molecule has 2 N–H and O–H groups in total. The molecule has 0 saturated carbocycles. The van der Waals surface area contributed by atoms with Gasteiger partial charge in [0, 0.05) is 25.4 Å². The second-order valence-corrected chi connectivity index (χ2v) is 7.34. The molecule has 2 aromatic carbocycles. The van der Waals surface area contributed by atoms with Gasteiger partial charge in [-0.2, -0.15) is 0 Å². The van der Waals surface area contributed by atoms with E-state index in [0.717, 1.165) is 27.3 Å². The maximum atomic E-state index is 12.4. The molecule has 2 amide bonds. The van der Waals surface area contributed by atoms with Crippen molar-refractivity contribution in [1.29, 1.82) is 0 Å². The van der Waals surface area contributed by atoms with Gasteiger partial charge in [0.05, 0.1) is 0 Å². The Kier molecular flexibility index (Phi) is 7.25. The molecule has 1 aliphatic carbocycles. The van der Waals surface area contributed by atoms with Gasteiger partial charge in [-0.1, -0.05) is 55.5 Å². The number of alkyl carbamates (subject to hydrolysis) is 1. The molecule has 0 unspecified atom stereocenters. The number of carbonyl (C=O) groups excluding carboxylic acids is 2. The summed E-state index contributed by atoms with van der Waals surface area (Å²) in [6.07, 6.45) is -0.130. The zero-order chi connectivity index (χ0) is 22.4. The minimum atomic E-state index is -1.18. The lowest BCUT2D eigenvalue weighted by atomic mass is 9.98. The Morgan fingerprint density at radius 1 is 1.06 bits per heavy atom. The van der Waals surface area contributed by atoms with Crippen LogP contribution in [0.4, 0.5) is 4.79 Å². The Labute approximate surface area is 180 Å². The van der Waals surface area contributed by atoms with Gasteiger partial charge < -0.3 is 15.2 Å². The SMILES string of the molecule is CC[C@@H](CC(=O)N(C)OCC(=O)O)NC(=O)OCC1c2ccccc2-c2ccccc21. The number of ether oxygens (including phenoxy) is 1. The van der Waals surface area contributed by atoms with Gasteiger partial charge in [0.15, 0.2) is 6.61 Å². The minimum absolute atomic E-state index is 0.0309. The van der Waals surface area contributed by atoms with Crippen LogP contribution in [0.15, 0.2) is 48.5 Å². The first kappa shape index (κ1) is 22.3. The molecular weight excluding hydrogens is 400 g/mol. The molecule has 8 heteroatoms. The molecule has 0 spiro atoms. The van der Waals surface area contributed by atoms with Crippen molar-refractivity contribution in [2.75, 3.05) is 20.3 Å². The average molecular weight is 426 g/mol. The summed E-state index contributed by atoms with van der Waals surface area (Å²) in [5.74, 6) is -1.66. The van der Waals surface area contributed by atoms with E-state index >= 15 is 0 Å². The van der Waals surface area contributed by atoms with Crippen LogP contribution in [0.5, 0.6) is 0 Å². The Balaban J connectivity index is 1.56. The van der Waals surface area contributed by atoms with Crippen molar-refractivity contribution in [3.63, 3.8) is 0 Å². The van der Waals surface area contributed by atoms with Gasteiger partial charge in [0.25, 0.3) is 0 Å². The van der Waals surface area contributed by atoms with E-state index < -0.39 is 30.6 Å². The first-order valence-electron chi connectivity index (χ1n) is 10.1. The van der Waals surface area contributed by atoms with Crippen molar-refractivity contribution < 1.29 is 29.1 Å². The van der Waals surface area contributed by atoms with Gasteiger partial charge >= 0.3 is 12.1 Å². The number of aliphatic carboxylic acids is 1. The van der Waals surface area contributed by atoms with Crippen molar-refractivity contribution in [1.82, 2.24) is 10.4 Å². The molecule has 8 nitrogen and oxygen atoms in total. The summed E-state index contributed by atoms with van der Waals surface area (Å²) in [6, 6.07) is 15.7. The summed E-state index contributed by atoms with van der Waals surface area (Å²) in [7, 11) is 1.34. The molecule has 1 atom stereocenters. The number of amides is 2. The largest absolute Gasteiger partial charge is 0.479 e. The Morgan fingerprint density at radius 2 is 1.65 bits per heavy atom. The fraction of sp³-hybridized carbons (Fsp3) is 0.348. The molecule has 3 rings (SSSR count). The van der Waals surface area contributed by atoms with E-state index in [1.807, 2.05) is 43.3 Å². The quantitative estimate of drug-likeness (QED) is 0.597. The zero-order valence-corrected chi connectivity index (χ0v) is 17.5. The number of carboxylic acids is 1. The molecule has 1 aliphatic rings. The zero-order valence-electron chi connectivity index (χ0n) is 17.5. The number of hydroxylamine groups is 2. The van der Waals surface area contributed by atoms with Crippen molar-refractivity contribution in [2.45, 2.75) is 31.7 Å². The summed E-state index contributed by atoms with van der Waals surface area (Å²) in [5, 5.41) is 12.2. The monoisotopic (exact) mass is 426 g/mol. The molecule has 0 saturated heterocycles. The molecule has 0 aliphatic heterocycles. The fourth-order valence-corrected chi connectivity index (χ4v) is 3.67. The maximum absolute atomic E-state index is 12.4. The van der Waals surface area contributed by atoms with Crippen LogP contribution in [0.25, 0.3) is 11.1 Å². The van der Waals surface area contributed by atoms with Gasteiger partial charge in [0.1, 0.15) is 6.61 Å². The second kappa shape index (κ2) is 10.1. The van der Waals surface area contributed by atoms with E-state index in [-0.39, 0.29) is 18.9 Å². The minimum Gasteiger partial charge on any atom is -0.479 e. The highest BCUT2D eigenvalue weighted by Gasteiger charge is 2.29. The number of nitrogens with one attached hydrogen (secondary N) is 1. The van der Waals surface area contributed by atoms with Crippen LogP contribution in [-0.4, -0.2) is 54.4 Å². The molecule has 0 fully saturated rings. The Hall–Kier alpha value is -3.39. The highest BCUT2D eigenvalue weighted by atomic mass is 16.7. The van der Waals surface area contributed by atoms with E-state index in [4.69, 9.17) is 14.7 Å². The maximum Gasteiger partial charge on any atom is 0.407 e. The number of hydrogen-bond acceptors (Lipinski definition) is 5. The third kappa shape index (κ3) is 5.40. The summed E-state index contributed by atoms with van der Waals surface area (Å²) in [4.78, 5) is 39.9. The molecule has 0 radical (unpaired) electrons. The van der Waals surface area contributed by atoms with Crippen molar-refractivity contribution in [2.24, 2.45) is 0 Å². The van der Waals surface area contributed by atoms with Crippen molar-refractivity contribution in [3.05, 3.63) is 59.7 Å². The van der Waals surface area contributed by atoms with Gasteiger partial charge in [-0.3, -0.25) is 9.63 Å². The molecule has 31 heavy (non-hydrogen) atoms. The molecule has 164 valence electrons. The predicted octanol–water partition coefficient (Wildman–Crippen LogP) is 3.17. The van der Waals surface area contributed by atoms with Crippen LogP contribution in [0.3, 0.4) is 0 Å². The summed E-state index contributed by atoms with van der Waals surface area (Å²) >= 11 is 0. The lowest BCUT2D eigenvalue weighted by molar-refractivity contribution is -0.186. The van der Waals surface area contributed by atoms with Crippen molar-refractivity contribution >= 4 is 18.0 Å². The predicted molar refractivity (Wildman–Crippen MR) is 113 cm³/mol. The lowest BCUT2D eigenvalue weighted by Crippen LogP contribution is -2.40. The molecule has 2 aromatic rings. The van der Waals surface area contributed by atoms with E-state index in [1.165, 1.54) is 7.05 Å². The van der Waals surface area contributed by atoms with E-state index in [9.17, 15) is 14.4 Å². The van der Waals surface area contributed by atoms with Crippen LogP contribution in [0.2, 0.25) is 0 Å². The fourth-order valence-electron chi connectivity index (χ4n) is 3.67. The first-order chi connectivity index (χ1) is 14.9. The van der Waals surface area contributed by atoms with E-state index in [1.54, 1.807) is 0 Å². The smallest absolute Gasteiger partial charge is 0.407 e. The molecule has 0 bridgehead atoms. The van der Waals surface area contributed by atoms with Crippen LogP contribution >= 0.6 is 0 Å². The first-order valence-corrected chi connectivity index (χ1v) is 10.1. The molecule has 0 heterocycles. The number of fused-ring (bicyclic) bond motifs is 3. The Morgan fingerprint density at radius 3 is 2.19 bits per heavy atom. The number of hydrogen-bond donors (Lipinski definition) is 2. The lowest BCUT2D eigenvalue weighted by Gasteiger charge is -2.21. The van der Waals surface area contributed by atoms with Gasteiger partial charge in [-0.15, -0.1) is 0 Å². The molecular formula is C23H26N2O6. The summed E-state index contributed by atoms with van der Waals surface area (Å²) < 4.78 is 5.51. The third-order valence-corrected chi connectivity index (χ3v) is 5.31. The highest BCUT2D eigenvalue weighted by molar-refractivity contribution is 5.79. The third-order valence-electron chi connectivity index (χ3n) is 5.31. The number of rotatable bonds is 9. The average Bonchev–Trinajstić information content (AvgIpc) is 3.09. The Bertz CT molecular complexity index is 915. The normalized spacial score (nSPS) is 13.1. The number of nitrogens with zero attached hydrogens (tertiary/aromatic N) is 1. The number of carboxylic acid groups (broad SMARTS) is 1. The van der Waals surface area contributed by atoms with Crippen LogP contribution in [0, 0.1) is 0 Å². The standard InChI is InChI=1S/C23H26N2O6/c1-3-15(12-21(26)25(2)31-14-22(27)28)24-23(29)30-13-20-18-10-6-4-8-16(18)17-9-5-7-11-19(17)20/h4-11,15,20H,3,12-14H2,1-2H3,(H,24,29)(H,27,28)/t15-/m0/s1. The summed E-state index contributed by atoms with van der Waals surface area (Å²) in [5.41, 5.74) is 4.54. The summed E-state index contributed by atoms with van der Waals surface area (Å²) in [6.45, 7) is 1.41. The van der Waals surface area contributed by atoms with Crippen LogP contribution in [-0.2, 0) is 19.2 Å². The van der Waals surface area contributed by atoms with Gasteiger partial charge in [0.2, 0.25) is 5.91 Å². The van der Waals surface area contributed by atoms with E-state index in [2.05, 4.69) is 17.4 Å². The number of benzene rings is 2. The van der Waals surface area contributed by atoms with Crippen LogP contribution in [0.1, 0.15) is 36.8 Å². The topological polar surface area (TPSA) is 105 Å². The van der Waals surface area contributed by atoms with Gasteiger partial charge in [-0.05, 0) is 28.7 Å². The van der Waals surface area contributed by atoms with Crippen molar-refractivity contribution in [3.8, 4) is 11.1 Å². The highest BCUT2D eigenvalue weighted by Crippen LogP contribution is 2.44.